The van der Waals surface area contributed by atoms with Gasteiger partial charge in [0.25, 0.3) is 0 Å². The highest BCUT2D eigenvalue weighted by Gasteiger charge is 2.38. The Balaban J connectivity index is 1.69. The molecule has 1 aliphatic carbocycles. The van der Waals surface area contributed by atoms with Crippen molar-refractivity contribution in [1.82, 2.24) is 9.97 Å². The average Bonchev–Trinajstić information content (AvgIpc) is 2.72. The number of aromatic nitrogens is 2. The molecule has 0 saturated heterocycles. The minimum atomic E-state index is 0.0711. The fourth-order valence-electron chi connectivity index (χ4n) is 3.93. The quantitative estimate of drug-likeness (QED) is 0.566. The molecule has 4 nitrogen and oxygen atoms in total. The van der Waals surface area contributed by atoms with E-state index in [9.17, 15) is 5.11 Å². The molecule has 138 valence electrons. The summed E-state index contributed by atoms with van der Waals surface area (Å²) >= 11 is 0. The van der Waals surface area contributed by atoms with E-state index >= 15 is 0 Å². The Labute approximate surface area is 163 Å². The van der Waals surface area contributed by atoms with Crippen LogP contribution in [0.2, 0.25) is 0 Å². The van der Waals surface area contributed by atoms with E-state index in [1.165, 1.54) is 12.0 Å². The number of rotatable bonds is 3. The Hall–Kier alpha value is -3.24. The molecule has 0 radical (unpaired) electrons. The topological polar surface area (TPSA) is 73.7 Å². The molecule has 0 bridgehead atoms. The van der Waals surface area contributed by atoms with Crippen molar-refractivity contribution in [3.8, 4) is 28.3 Å². The highest BCUT2D eigenvalue weighted by molar-refractivity contribution is 5.89. The van der Waals surface area contributed by atoms with Crippen LogP contribution in [0.25, 0.3) is 33.5 Å². The summed E-state index contributed by atoms with van der Waals surface area (Å²) in [6.07, 6.45) is 3.55. The first kappa shape index (κ1) is 16.9. The van der Waals surface area contributed by atoms with Crippen LogP contribution in [0.3, 0.4) is 0 Å². The number of para-hydroxylation sites is 1. The third kappa shape index (κ3) is 2.74. The van der Waals surface area contributed by atoms with Crippen LogP contribution in [-0.4, -0.2) is 15.1 Å². The predicted molar refractivity (Wildman–Crippen MR) is 110 cm³/mol. The number of nitrogens with zero attached hydrogens (tertiary/aromatic N) is 2. The van der Waals surface area contributed by atoms with Gasteiger partial charge in [0.05, 0.1) is 16.9 Å². The number of phenols is 1. The Morgan fingerprint density at radius 3 is 2.11 bits per heavy atom. The zero-order valence-corrected chi connectivity index (χ0v) is 15.6. The highest BCUT2D eigenvalue weighted by Crippen LogP contribution is 2.38. The van der Waals surface area contributed by atoms with Crippen LogP contribution in [0, 0.1) is 0 Å². The van der Waals surface area contributed by atoms with Gasteiger partial charge in [0.1, 0.15) is 16.8 Å². The van der Waals surface area contributed by atoms with Crippen LogP contribution in [0.15, 0.2) is 72.8 Å². The summed E-state index contributed by atoms with van der Waals surface area (Å²) in [5, 5.41) is 10.3. The van der Waals surface area contributed by atoms with Crippen LogP contribution in [0.5, 0.6) is 5.75 Å². The summed E-state index contributed by atoms with van der Waals surface area (Å²) in [6, 6.07) is 23.9. The zero-order chi connectivity index (χ0) is 19.1. The van der Waals surface area contributed by atoms with E-state index in [4.69, 9.17) is 9.97 Å². The highest BCUT2D eigenvalue weighted by atomic mass is 16.3. The normalized spacial score (nSPS) is 15.3. The molecule has 0 unspecified atom stereocenters. The first-order chi connectivity index (χ1) is 13.6. The van der Waals surface area contributed by atoms with Gasteiger partial charge in [0, 0.05) is 29.5 Å². The lowest BCUT2D eigenvalue weighted by molar-refractivity contribution is -0.509. The second kappa shape index (κ2) is 6.43. The Bertz CT molecular complexity index is 1150. The van der Waals surface area contributed by atoms with Crippen molar-refractivity contribution in [2.24, 2.45) is 0 Å². The Kier molecular flexibility index (Phi) is 3.88. The Morgan fingerprint density at radius 2 is 1.43 bits per heavy atom. The van der Waals surface area contributed by atoms with Gasteiger partial charge in [-0.3, -0.25) is 0 Å². The molecule has 0 spiro atoms. The van der Waals surface area contributed by atoms with Gasteiger partial charge in [-0.15, -0.1) is 0 Å². The lowest BCUT2D eigenvalue weighted by Gasteiger charge is -2.34. The fraction of sp³-hybridized carbons (Fsp3) is 0.167. The van der Waals surface area contributed by atoms with Crippen molar-refractivity contribution in [3.05, 3.63) is 78.4 Å². The second-order valence-electron chi connectivity index (χ2n) is 7.64. The molecule has 0 amide bonds. The van der Waals surface area contributed by atoms with E-state index in [2.05, 4.69) is 30.0 Å². The van der Waals surface area contributed by atoms with Gasteiger partial charge in [-0.2, -0.15) is 0 Å². The van der Waals surface area contributed by atoms with Crippen molar-refractivity contribution >= 4 is 11.0 Å². The molecule has 1 aliphatic rings. The average molecular weight is 368 g/mol. The summed E-state index contributed by atoms with van der Waals surface area (Å²) in [5.41, 5.74) is 10.6. The Morgan fingerprint density at radius 1 is 0.750 bits per heavy atom. The van der Waals surface area contributed by atoms with Crippen molar-refractivity contribution in [2.45, 2.75) is 24.8 Å². The van der Waals surface area contributed by atoms with E-state index in [0.717, 1.165) is 35.4 Å². The summed E-state index contributed by atoms with van der Waals surface area (Å²) in [5.74, 6) is 0.146. The second-order valence-corrected chi connectivity index (χ2v) is 7.64. The fourth-order valence-corrected chi connectivity index (χ4v) is 3.93. The van der Waals surface area contributed by atoms with E-state index in [0.29, 0.717) is 11.0 Å². The third-order valence-corrected chi connectivity index (χ3v) is 5.80. The molecule has 1 heterocycles. The number of phenolic OH excluding ortho intramolecular Hbond substituents is 1. The van der Waals surface area contributed by atoms with Gasteiger partial charge in [-0.1, -0.05) is 60.7 Å². The SMILES string of the molecule is [NH3+]C1(c2ccc(-c3nc4cccc(O)c4nc3-c3ccccc3)cc2)CCC1. The van der Waals surface area contributed by atoms with Gasteiger partial charge >= 0.3 is 0 Å². The molecular formula is C24H22N3O+. The van der Waals surface area contributed by atoms with Crippen molar-refractivity contribution in [3.63, 3.8) is 0 Å². The third-order valence-electron chi connectivity index (χ3n) is 5.80. The minimum absolute atomic E-state index is 0.0711. The molecule has 1 saturated carbocycles. The number of hydrogen-bond acceptors (Lipinski definition) is 3. The molecule has 0 atom stereocenters. The molecule has 4 heteroatoms. The van der Waals surface area contributed by atoms with Crippen molar-refractivity contribution in [1.29, 1.82) is 0 Å². The maximum atomic E-state index is 10.3. The van der Waals surface area contributed by atoms with Gasteiger partial charge in [0.2, 0.25) is 0 Å². The van der Waals surface area contributed by atoms with Gasteiger partial charge < -0.3 is 10.8 Å². The van der Waals surface area contributed by atoms with E-state index in [1.54, 1.807) is 12.1 Å². The van der Waals surface area contributed by atoms with Crippen molar-refractivity contribution in [2.75, 3.05) is 0 Å². The standard InChI is InChI=1S/C24H21N3O/c25-24(14-5-15-24)18-12-10-17(11-13-18)21-22(16-6-2-1-3-7-16)27-23-19(26-21)8-4-9-20(23)28/h1-4,6-13,28H,5,14-15,25H2/p+1. The van der Waals surface area contributed by atoms with Gasteiger partial charge in [-0.05, 0) is 18.6 Å². The number of fused-ring (bicyclic) bond motifs is 1. The number of benzene rings is 3. The molecule has 1 aromatic heterocycles. The molecule has 4 aromatic rings. The maximum absolute atomic E-state index is 10.3. The predicted octanol–water partition coefficient (Wildman–Crippen LogP) is 4.29. The van der Waals surface area contributed by atoms with Gasteiger partial charge in [-0.25, -0.2) is 9.97 Å². The molecular weight excluding hydrogens is 346 g/mol. The molecule has 5 rings (SSSR count). The molecule has 28 heavy (non-hydrogen) atoms. The summed E-state index contributed by atoms with van der Waals surface area (Å²) < 4.78 is 0. The molecule has 1 fully saturated rings. The van der Waals surface area contributed by atoms with Crippen LogP contribution in [-0.2, 0) is 5.54 Å². The first-order valence-corrected chi connectivity index (χ1v) is 9.65. The minimum Gasteiger partial charge on any atom is -0.506 e. The van der Waals surface area contributed by atoms with Crippen LogP contribution in [0.1, 0.15) is 24.8 Å². The van der Waals surface area contributed by atoms with E-state index < -0.39 is 0 Å². The molecule has 0 aliphatic heterocycles. The lowest BCUT2D eigenvalue weighted by Crippen LogP contribution is -2.73. The maximum Gasteiger partial charge on any atom is 0.143 e. The first-order valence-electron chi connectivity index (χ1n) is 9.65. The molecule has 4 N–H and O–H groups in total. The number of quaternary nitrogens is 1. The summed E-state index contributed by atoms with van der Waals surface area (Å²) in [6.45, 7) is 0. The van der Waals surface area contributed by atoms with Crippen LogP contribution < -0.4 is 5.73 Å². The molecule has 3 aromatic carbocycles. The summed E-state index contributed by atoms with van der Waals surface area (Å²) in [4.78, 5) is 9.67. The monoisotopic (exact) mass is 368 g/mol. The van der Waals surface area contributed by atoms with E-state index in [-0.39, 0.29) is 11.3 Å². The smallest absolute Gasteiger partial charge is 0.143 e. The van der Waals surface area contributed by atoms with Gasteiger partial charge in [0.15, 0.2) is 0 Å². The lowest BCUT2D eigenvalue weighted by atomic mass is 9.72. The van der Waals surface area contributed by atoms with Crippen LogP contribution in [0.4, 0.5) is 0 Å². The number of aromatic hydroxyl groups is 1. The van der Waals surface area contributed by atoms with Crippen LogP contribution >= 0.6 is 0 Å². The zero-order valence-electron chi connectivity index (χ0n) is 15.6. The largest absolute Gasteiger partial charge is 0.506 e. The number of hydrogen-bond donors (Lipinski definition) is 2. The van der Waals surface area contributed by atoms with E-state index in [1.807, 2.05) is 36.4 Å². The summed E-state index contributed by atoms with van der Waals surface area (Å²) in [7, 11) is 0. The van der Waals surface area contributed by atoms with Crippen molar-refractivity contribution < 1.29 is 10.8 Å².